The molecule has 0 radical (unpaired) electrons. The number of hydrogen-bond acceptors (Lipinski definition) is 5. The van der Waals surface area contributed by atoms with Gasteiger partial charge in [-0.1, -0.05) is 41.1 Å². The lowest BCUT2D eigenvalue weighted by Gasteiger charge is -2.08. The third-order valence-corrected chi connectivity index (χ3v) is 4.50. The Labute approximate surface area is 171 Å². The average Bonchev–Trinajstić information content (AvgIpc) is 3.04. The SMILES string of the molecule is CC(=O)c1cccc(NC(=O)Cn2nnc(C(=O)Nc3ccccc3Cl)c2C)c1. The maximum atomic E-state index is 12.5. The fourth-order valence-corrected chi connectivity index (χ4v) is 2.80. The van der Waals surface area contributed by atoms with Crippen molar-refractivity contribution in [1.29, 1.82) is 0 Å². The van der Waals surface area contributed by atoms with Crippen molar-refractivity contribution in [2.24, 2.45) is 0 Å². The number of aromatic nitrogens is 3. The molecule has 2 amide bonds. The molecule has 0 unspecified atom stereocenters. The lowest BCUT2D eigenvalue weighted by molar-refractivity contribution is -0.117. The van der Waals surface area contributed by atoms with Crippen LogP contribution in [0.3, 0.4) is 0 Å². The molecule has 29 heavy (non-hydrogen) atoms. The first kappa shape index (κ1) is 20.2. The van der Waals surface area contributed by atoms with E-state index in [9.17, 15) is 14.4 Å². The summed E-state index contributed by atoms with van der Waals surface area (Å²) in [6.07, 6.45) is 0. The van der Waals surface area contributed by atoms with Gasteiger partial charge in [-0.25, -0.2) is 4.68 Å². The Balaban J connectivity index is 1.68. The molecule has 0 fully saturated rings. The molecular formula is C20H18ClN5O3. The molecule has 2 N–H and O–H groups in total. The minimum atomic E-state index is -0.476. The standard InChI is InChI=1S/C20H18ClN5O3/c1-12-19(20(29)23-17-9-4-3-8-16(17)21)24-25-26(12)11-18(28)22-15-7-5-6-14(10-15)13(2)27/h3-10H,11H2,1-2H3,(H,22,28)(H,23,29). The van der Waals surface area contributed by atoms with Crippen LogP contribution in [0.1, 0.15) is 33.5 Å². The Hall–Kier alpha value is -3.52. The fraction of sp³-hybridized carbons (Fsp3) is 0.150. The highest BCUT2D eigenvalue weighted by atomic mass is 35.5. The summed E-state index contributed by atoms with van der Waals surface area (Å²) in [5.74, 6) is -0.935. The summed E-state index contributed by atoms with van der Waals surface area (Å²) in [7, 11) is 0. The topological polar surface area (TPSA) is 106 Å². The van der Waals surface area contributed by atoms with Gasteiger partial charge in [-0.05, 0) is 38.1 Å². The number of hydrogen-bond donors (Lipinski definition) is 2. The number of benzene rings is 2. The van der Waals surface area contributed by atoms with Gasteiger partial charge in [-0.2, -0.15) is 0 Å². The number of rotatable bonds is 6. The van der Waals surface area contributed by atoms with E-state index >= 15 is 0 Å². The van der Waals surface area contributed by atoms with Crippen molar-refractivity contribution >= 4 is 40.6 Å². The number of carbonyl (C=O) groups is 3. The van der Waals surface area contributed by atoms with Crippen LogP contribution >= 0.6 is 11.6 Å². The third kappa shape index (κ3) is 4.85. The zero-order valence-electron chi connectivity index (χ0n) is 15.8. The number of anilines is 2. The minimum Gasteiger partial charge on any atom is -0.324 e. The van der Waals surface area contributed by atoms with E-state index in [1.165, 1.54) is 11.6 Å². The Morgan fingerprint density at radius 3 is 2.55 bits per heavy atom. The molecular weight excluding hydrogens is 394 g/mol. The molecule has 0 aliphatic heterocycles. The Kier molecular flexibility index (Phi) is 6.04. The van der Waals surface area contributed by atoms with E-state index in [4.69, 9.17) is 11.6 Å². The first-order valence-electron chi connectivity index (χ1n) is 8.72. The van der Waals surface area contributed by atoms with Crippen molar-refractivity contribution in [1.82, 2.24) is 15.0 Å². The van der Waals surface area contributed by atoms with Gasteiger partial charge in [-0.15, -0.1) is 5.10 Å². The van der Waals surface area contributed by atoms with Crippen LogP contribution in [0.25, 0.3) is 0 Å². The van der Waals surface area contributed by atoms with Crippen LogP contribution in [0.15, 0.2) is 48.5 Å². The van der Waals surface area contributed by atoms with Gasteiger partial charge in [0.1, 0.15) is 6.54 Å². The van der Waals surface area contributed by atoms with E-state index in [-0.39, 0.29) is 23.9 Å². The van der Waals surface area contributed by atoms with Gasteiger partial charge >= 0.3 is 0 Å². The van der Waals surface area contributed by atoms with E-state index in [2.05, 4.69) is 20.9 Å². The number of Topliss-reactive ketones (excluding diaryl/α,β-unsaturated/α-hetero) is 1. The van der Waals surface area contributed by atoms with Crippen molar-refractivity contribution in [2.75, 3.05) is 10.6 Å². The summed E-state index contributed by atoms with van der Waals surface area (Å²) < 4.78 is 1.33. The van der Waals surface area contributed by atoms with Crippen LogP contribution in [0.4, 0.5) is 11.4 Å². The van der Waals surface area contributed by atoms with Crippen LogP contribution in [0, 0.1) is 6.92 Å². The predicted molar refractivity (Wildman–Crippen MR) is 109 cm³/mol. The molecule has 0 aliphatic carbocycles. The smallest absolute Gasteiger partial charge is 0.278 e. The largest absolute Gasteiger partial charge is 0.324 e. The van der Waals surface area contributed by atoms with Gasteiger partial charge in [-0.3, -0.25) is 14.4 Å². The molecule has 0 bridgehead atoms. The van der Waals surface area contributed by atoms with Crippen LogP contribution in [0.2, 0.25) is 5.02 Å². The number of carbonyl (C=O) groups excluding carboxylic acids is 3. The summed E-state index contributed by atoms with van der Waals surface area (Å²) in [6, 6.07) is 13.5. The number of nitrogens with one attached hydrogen (secondary N) is 2. The third-order valence-electron chi connectivity index (χ3n) is 4.17. The number of ketones is 1. The lowest BCUT2D eigenvalue weighted by atomic mass is 10.1. The molecule has 0 saturated heterocycles. The van der Waals surface area contributed by atoms with Crippen molar-refractivity contribution in [2.45, 2.75) is 20.4 Å². The Morgan fingerprint density at radius 2 is 1.83 bits per heavy atom. The molecule has 9 heteroatoms. The van der Waals surface area contributed by atoms with E-state index < -0.39 is 5.91 Å². The maximum absolute atomic E-state index is 12.5. The lowest BCUT2D eigenvalue weighted by Crippen LogP contribution is -2.21. The number of amides is 2. The molecule has 2 aromatic carbocycles. The monoisotopic (exact) mass is 411 g/mol. The molecule has 1 heterocycles. The minimum absolute atomic E-state index is 0.0938. The van der Waals surface area contributed by atoms with Crippen LogP contribution < -0.4 is 10.6 Å². The first-order valence-corrected chi connectivity index (χ1v) is 9.10. The second kappa shape index (κ2) is 8.66. The van der Waals surface area contributed by atoms with E-state index in [0.717, 1.165) is 0 Å². The van der Waals surface area contributed by atoms with Gasteiger partial charge in [0.05, 0.1) is 16.4 Å². The molecule has 3 aromatic rings. The highest BCUT2D eigenvalue weighted by Crippen LogP contribution is 2.21. The zero-order chi connectivity index (χ0) is 21.0. The van der Waals surface area contributed by atoms with Crippen molar-refractivity contribution in [3.05, 3.63) is 70.5 Å². The summed E-state index contributed by atoms with van der Waals surface area (Å²) in [5, 5.41) is 13.5. The number of halogens is 1. The second-order valence-corrected chi connectivity index (χ2v) is 6.71. The van der Waals surface area contributed by atoms with E-state index in [0.29, 0.717) is 27.7 Å². The van der Waals surface area contributed by atoms with Gasteiger partial charge in [0.15, 0.2) is 11.5 Å². The maximum Gasteiger partial charge on any atom is 0.278 e. The quantitative estimate of drug-likeness (QED) is 0.605. The molecule has 0 saturated carbocycles. The van der Waals surface area contributed by atoms with Gasteiger partial charge < -0.3 is 10.6 Å². The average molecular weight is 412 g/mol. The molecule has 3 rings (SSSR count). The Morgan fingerprint density at radius 1 is 1.07 bits per heavy atom. The summed E-state index contributed by atoms with van der Waals surface area (Å²) >= 11 is 6.05. The molecule has 0 atom stereocenters. The normalized spacial score (nSPS) is 10.4. The van der Waals surface area contributed by atoms with Crippen LogP contribution in [0.5, 0.6) is 0 Å². The fourth-order valence-electron chi connectivity index (χ4n) is 2.62. The molecule has 0 spiro atoms. The summed E-state index contributed by atoms with van der Waals surface area (Å²) in [4.78, 5) is 36.2. The van der Waals surface area contributed by atoms with E-state index in [1.807, 2.05) is 0 Å². The van der Waals surface area contributed by atoms with Crippen molar-refractivity contribution in [3.63, 3.8) is 0 Å². The highest BCUT2D eigenvalue weighted by molar-refractivity contribution is 6.33. The van der Waals surface area contributed by atoms with Crippen molar-refractivity contribution in [3.8, 4) is 0 Å². The first-order chi connectivity index (χ1) is 13.8. The molecule has 0 aliphatic rings. The summed E-state index contributed by atoms with van der Waals surface area (Å²) in [5.41, 5.74) is 1.98. The van der Waals surface area contributed by atoms with Crippen LogP contribution in [-0.4, -0.2) is 32.6 Å². The predicted octanol–water partition coefficient (Wildman–Crippen LogP) is 3.33. The van der Waals surface area contributed by atoms with Gasteiger partial charge in [0.2, 0.25) is 5.91 Å². The van der Waals surface area contributed by atoms with Crippen LogP contribution in [-0.2, 0) is 11.3 Å². The van der Waals surface area contributed by atoms with Gasteiger partial charge in [0.25, 0.3) is 5.91 Å². The zero-order valence-corrected chi connectivity index (χ0v) is 16.5. The molecule has 8 nitrogen and oxygen atoms in total. The van der Waals surface area contributed by atoms with Crippen molar-refractivity contribution < 1.29 is 14.4 Å². The number of para-hydroxylation sites is 1. The summed E-state index contributed by atoms with van der Waals surface area (Å²) in [6.45, 7) is 2.96. The van der Waals surface area contributed by atoms with Gasteiger partial charge in [0, 0.05) is 11.3 Å². The Bertz CT molecular complexity index is 1090. The van der Waals surface area contributed by atoms with E-state index in [1.54, 1.807) is 55.5 Å². The second-order valence-electron chi connectivity index (χ2n) is 6.30. The molecule has 148 valence electrons. The number of nitrogens with zero attached hydrogens (tertiary/aromatic N) is 3. The highest BCUT2D eigenvalue weighted by Gasteiger charge is 2.19. The molecule has 1 aromatic heterocycles.